The highest BCUT2D eigenvalue weighted by molar-refractivity contribution is 4.99. The van der Waals surface area contributed by atoms with Crippen molar-refractivity contribution in [2.24, 2.45) is 5.92 Å². The fourth-order valence-corrected chi connectivity index (χ4v) is 3.55. The number of likely N-dealkylation sites (N-methyl/N-ethyl adjacent to an activating group) is 1. The molecule has 0 fully saturated rings. The van der Waals surface area contributed by atoms with E-state index in [0.29, 0.717) is 5.92 Å². The zero-order valence-electron chi connectivity index (χ0n) is 16.3. The van der Waals surface area contributed by atoms with Crippen LogP contribution in [0.1, 0.15) is 86.0 Å². The predicted octanol–water partition coefficient (Wildman–Crippen LogP) is 5.14. The first kappa shape index (κ1) is 21.9. The molecule has 0 rings (SSSR count). The molecule has 1 atom stereocenters. The number of hydrogen-bond acceptors (Lipinski definition) is 3. The van der Waals surface area contributed by atoms with Crippen molar-refractivity contribution < 1.29 is 9.47 Å². The SMILES string of the molecule is CCCCCCCCC(CC(C)C)(NCC)C(C)(OC)OC. The van der Waals surface area contributed by atoms with E-state index in [-0.39, 0.29) is 5.54 Å². The highest BCUT2D eigenvalue weighted by Crippen LogP contribution is 2.37. The zero-order valence-corrected chi connectivity index (χ0v) is 16.3. The van der Waals surface area contributed by atoms with Crippen LogP contribution in [0.15, 0.2) is 0 Å². The Kier molecular flexibility index (Phi) is 11.4. The maximum atomic E-state index is 5.82. The van der Waals surface area contributed by atoms with E-state index in [1.807, 2.05) is 0 Å². The fourth-order valence-electron chi connectivity index (χ4n) is 3.55. The molecule has 0 aliphatic heterocycles. The number of ether oxygens (including phenoxy) is 2. The summed E-state index contributed by atoms with van der Waals surface area (Å²) in [6.07, 6.45) is 10.1. The molecule has 0 aromatic rings. The van der Waals surface area contributed by atoms with Crippen LogP contribution < -0.4 is 5.32 Å². The van der Waals surface area contributed by atoms with E-state index in [4.69, 9.17) is 9.47 Å². The maximum Gasteiger partial charge on any atom is 0.182 e. The van der Waals surface area contributed by atoms with Gasteiger partial charge in [0, 0.05) is 14.2 Å². The molecule has 0 saturated carbocycles. The van der Waals surface area contributed by atoms with Gasteiger partial charge in [0.15, 0.2) is 5.79 Å². The molecule has 1 unspecified atom stereocenters. The number of unbranched alkanes of at least 4 members (excludes halogenated alkanes) is 5. The van der Waals surface area contributed by atoms with Gasteiger partial charge in [-0.3, -0.25) is 0 Å². The van der Waals surface area contributed by atoms with E-state index in [2.05, 4.69) is 39.9 Å². The van der Waals surface area contributed by atoms with Crippen molar-refractivity contribution in [1.82, 2.24) is 5.32 Å². The monoisotopic (exact) mass is 315 g/mol. The van der Waals surface area contributed by atoms with Crippen molar-refractivity contribution in [2.45, 2.75) is 97.3 Å². The Morgan fingerprint density at radius 2 is 1.45 bits per heavy atom. The number of rotatable bonds is 14. The first-order chi connectivity index (χ1) is 10.4. The second-order valence-electron chi connectivity index (χ2n) is 7.08. The Bertz CT molecular complexity index is 264. The predicted molar refractivity (Wildman–Crippen MR) is 96.3 cm³/mol. The summed E-state index contributed by atoms with van der Waals surface area (Å²) in [5.41, 5.74) is -0.121. The van der Waals surface area contributed by atoms with Gasteiger partial charge in [0.2, 0.25) is 0 Å². The highest BCUT2D eigenvalue weighted by Gasteiger charge is 2.48. The van der Waals surface area contributed by atoms with Gasteiger partial charge in [0.25, 0.3) is 0 Å². The summed E-state index contributed by atoms with van der Waals surface area (Å²) in [4.78, 5) is 0. The third kappa shape index (κ3) is 6.55. The van der Waals surface area contributed by atoms with E-state index in [1.165, 1.54) is 38.5 Å². The summed E-state index contributed by atoms with van der Waals surface area (Å²) in [5, 5.41) is 3.72. The van der Waals surface area contributed by atoms with Crippen LogP contribution in [0.3, 0.4) is 0 Å². The van der Waals surface area contributed by atoms with E-state index in [9.17, 15) is 0 Å². The molecule has 134 valence electrons. The molecule has 0 aromatic carbocycles. The molecule has 0 aliphatic rings. The molecule has 22 heavy (non-hydrogen) atoms. The van der Waals surface area contributed by atoms with Crippen LogP contribution in [-0.4, -0.2) is 32.1 Å². The molecule has 0 spiro atoms. The summed E-state index contributed by atoms with van der Waals surface area (Å²) in [6.45, 7) is 12.0. The molecule has 0 aliphatic carbocycles. The Hall–Kier alpha value is -0.120. The first-order valence-corrected chi connectivity index (χ1v) is 9.26. The molecule has 3 heteroatoms. The lowest BCUT2D eigenvalue weighted by atomic mass is 9.77. The van der Waals surface area contributed by atoms with E-state index in [0.717, 1.165) is 19.4 Å². The lowest BCUT2D eigenvalue weighted by Crippen LogP contribution is -2.64. The van der Waals surface area contributed by atoms with Gasteiger partial charge in [0.05, 0.1) is 5.54 Å². The zero-order chi connectivity index (χ0) is 17.1. The minimum absolute atomic E-state index is 0.121. The summed E-state index contributed by atoms with van der Waals surface area (Å²) < 4.78 is 11.6. The lowest BCUT2D eigenvalue weighted by Gasteiger charge is -2.48. The Morgan fingerprint density at radius 3 is 1.91 bits per heavy atom. The van der Waals surface area contributed by atoms with Crippen molar-refractivity contribution >= 4 is 0 Å². The summed E-state index contributed by atoms with van der Waals surface area (Å²) in [6, 6.07) is 0. The number of hydrogen-bond donors (Lipinski definition) is 1. The fraction of sp³-hybridized carbons (Fsp3) is 1.00. The van der Waals surface area contributed by atoms with Crippen LogP contribution in [0.25, 0.3) is 0 Å². The topological polar surface area (TPSA) is 30.5 Å². The van der Waals surface area contributed by atoms with Crippen LogP contribution >= 0.6 is 0 Å². The molecule has 0 bridgehead atoms. The maximum absolute atomic E-state index is 5.82. The highest BCUT2D eigenvalue weighted by atomic mass is 16.7. The second-order valence-corrected chi connectivity index (χ2v) is 7.08. The van der Waals surface area contributed by atoms with Gasteiger partial charge < -0.3 is 14.8 Å². The number of methoxy groups -OCH3 is 2. The minimum atomic E-state index is -0.587. The molecule has 0 heterocycles. The molecular weight excluding hydrogens is 274 g/mol. The smallest absolute Gasteiger partial charge is 0.182 e. The third-order valence-corrected chi connectivity index (χ3v) is 4.88. The molecule has 0 saturated heterocycles. The molecular formula is C19H41NO2. The summed E-state index contributed by atoms with van der Waals surface area (Å²) >= 11 is 0. The van der Waals surface area contributed by atoms with Crippen molar-refractivity contribution in [3.05, 3.63) is 0 Å². The van der Waals surface area contributed by atoms with Crippen LogP contribution in [0, 0.1) is 5.92 Å². The molecule has 0 amide bonds. The van der Waals surface area contributed by atoms with Crippen molar-refractivity contribution in [3.8, 4) is 0 Å². The summed E-state index contributed by atoms with van der Waals surface area (Å²) in [5.74, 6) is 0.0141. The third-order valence-electron chi connectivity index (χ3n) is 4.88. The second kappa shape index (κ2) is 11.4. The van der Waals surface area contributed by atoms with Gasteiger partial charge in [-0.1, -0.05) is 66.2 Å². The molecule has 3 nitrogen and oxygen atoms in total. The average molecular weight is 316 g/mol. The summed E-state index contributed by atoms with van der Waals surface area (Å²) in [7, 11) is 3.52. The van der Waals surface area contributed by atoms with E-state index in [1.54, 1.807) is 14.2 Å². The van der Waals surface area contributed by atoms with Gasteiger partial charge in [-0.05, 0) is 32.2 Å². The Morgan fingerprint density at radius 1 is 0.909 bits per heavy atom. The first-order valence-electron chi connectivity index (χ1n) is 9.26. The largest absolute Gasteiger partial charge is 0.352 e. The van der Waals surface area contributed by atoms with Crippen LogP contribution in [0.5, 0.6) is 0 Å². The quantitative estimate of drug-likeness (QED) is 0.355. The van der Waals surface area contributed by atoms with Crippen molar-refractivity contribution in [2.75, 3.05) is 20.8 Å². The van der Waals surface area contributed by atoms with Crippen LogP contribution in [0.2, 0.25) is 0 Å². The van der Waals surface area contributed by atoms with Gasteiger partial charge in [-0.15, -0.1) is 0 Å². The Balaban J connectivity index is 4.88. The number of nitrogens with one attached hydrogen (secondary N) is 1. The van der Waals surface area contributed by atoms with Gasteiger partial charge in [0.1, 0.15) is 0 Å². The average Bonchev–Trinajstić information content (AvgIpc) is 2.49. The van der Waals surface area contributed by atoms with Gasteiger partial charge in [-0.25, -0.2) is 0 Å². The van der Waals surface area contributed by atoms with Crippen molar-refractivity contribution in [3.63, 3.8) is 0 Å². The van der Waals surface area contributed by atoms with Gasteiger partial charge in [-0.2, -0.15) is 0 Å². The van der Waals surface area contributed by atoms with Gasteiger partial charge >= 0.3 is 0 Å². The Labute approximate surface area is 139 Å². The van der Waals surface area contributed by atoms with Crippen LogP contribution in [-0.2, 0) is 9.47 Å². The minimum Gasteiger partial charge on any atom is -0.352 e. The molecule has 0 aromatic heterocycles. The van der Waals surface area contributed by atoms with Crippen molar-refractivity contribution in [1.29, 1.82) is 0 Å². The molecule has 1 N–H and O–H groups in total. The van der Waals surface area contributed by atoms with Crippen LogP contribution in [0.4, 0.5) is 0 Å². The van der Waals surface area contributed by atoms with E-state index < -0.39 is 5.79 Å². The normalized spacial score (nSPS) is 15.3. The van der Waals surface area contributed by atoms with E-state index >= 15 is 0 Å². The lowest BCUT2D eigenvalue weighted by molar-refractivity contribution is -0.248. The molecule has 0 radical (unpaired) electrons. The standard InChI is InChI=1S/C19H41NO2/c1-8-10-11-12-13-14-15-19(20-9-2,16-17(3)4)18(5,21-6)22-7/h17,20H,8-16H2,1-7H3.